The molecule has 0 unspecified atom stereocenters. The third kappa shape index (κ3) is 7.73. The van der Waals surface area contributed by atoms with Crippen molar-refractivity contribution in [3.63, 3.8) is 0 Å². The van der Waals surface area contributed by atoms with Crippen molar-refractivity contribution in [2.45, 2.75) is 57.2 Å². The Hall–Kier alpha value is -3.09. The van der Waals surface area contributed by atoms with Gasteiger partial charge in [-0.25, -0.2) is 9.59 Å². The van der Waals surface area contributed by atoms with Gasteiger partial charge in [-0.2, -0.15) is 0 Å². The Morgan fingerprint density at radius 3 is 2.10 bits per heavy atom. The first-order chi connectivity index (χ1) is 14.1. The summed E-state index contributed by atoms with van der Waals surface area (Å²) in [6.07, 6.45) is 2.76. The Morgan fingerprint density at radius 1 is 1.07 bits per heavy atom. The average molecular weight is 417 g/mol. The van der Waals surface area contributed by atoms with Gasteiger partial charge in [0.15, 0.2) is 0 Å². The zero-order chi connectivity index (χ0) is 22.8. The molecule has 0 radical (unpaired) electrons. The van der Waals surface area contributed by atoms with Crippen molar-refractivity contribution in [2.75, 3.05) is 7.11 Å². The number of methoxy groups -OCH3 is 1. The van der Waals surface area contributed by atoms with E-state index in [2.05, 4.69) is 23.8 Å². The lowest BCUT2D eigenvalue weighted by Crippen LogP contribution is -2.61. The normalized spacial score (nSPS) is 12.3. The topological polar surface area (TPSA) is 93.7 Å². The Bertz CT molecular complexity index is 743. The summed E-state index contributed by atoms with van der Waals surface area (Å²) in [5, 5.41) is 5.36. The first-order valence-corrected chi connectivity index (χ1v) is 9.72. The summed E-state index contributed by atoms with van der Waals surface area (Å²) in [5.41, 5.74) is -1.29. The van der Waals surface area contributed by atoms with Crippen molar-refractivity contribution in [3.8, 4) is 0 Å². The zero-order valence-electron chi connectivity index (χ0n) is 18.2. The van der Waals surface area contributed by atoms with Crippen molar-refractivity contribution in [1.29, 1.82) is 0 Å². The molecule has 1 rings (SSSR count). The minimum atomic E-state index is -1.41. The highest BCUT2D eigenvalue weighted by Gasteiger charge is 2.41. The second kappa shape index (κ2) is 11.2. The fraction of sp³-hybridized carbons (Fsp3) is 0.435. The number of carbonyl (C=O) groups is 3. The number of esters is 1. The van der Waals surface area contributed by atoms with E-state index in [1.165, 1.54) is 19.3 Å². The van der Waals surface area contributed by atoms with Crippen LogP contribution in [0.2, 0.25) is 0 Å². The molecular formula is C23H32N2O5. The molecule has 0 fully saturated rings. The number of nitrogens with one attached hydrogen (secondary N) is 2. The molecule has 7 nitrogen and oxygen atoms in total. The van der Waals surface area contributed by atoms with Crippen LogP contribution < -0.4 is 10.6 Å². The van der Waals surface area contributed by atoms with Crippen LogP contribution in [-0.2, 0) is 25.5 Å². The van der Waals surface area contributed by atoms with E-state index in [-0.39, 0.29) is 19.3 Å². The van der Waals surface area contributed by atoms with Crippen LogP contribution in [0.1, 0.15) is 39.2 Å². The number of hydrogen-bond donors (Lipinski definition) is 2. The molecule has 0 saturated carbocycles. The molecule has 0 saturated heterocycles. The first kappa shape index (κ1) is 24.9. The minimum absolute atomic E-state index is 0.114. The van der Waals surface area contributed by atoms with Crippen LogP contribution in [0.25, 0.3) is 0 Å². The van der Waals surface area contributed by atoms with Gasteiger partial charge < -0.3 is 20.1 Å². The van der Waals surface area contributed by atoms with Crippen LogP contribution in [0.15, 0.2) is 55.6 Å². The van der Waals surface area contributed by atoms with Crippen molar-refractivity contribution in [1.82, 2.24) is 10.6 Å². The van der Waals surface area contributed by atoms with E-state index in [1.54, 1.807) is 20.8 Å². The lowest BCUT2D eigenvalue weighted by atomic mass is 9.89. The molecule has 0 spiro atoms. The molecule has 2 amide bonds. The molecule has 1 aromatic rings. The molecule has 1 aromatic carbocycles. The Labute approximate surface area is 178 Å². The number of benzene rings is 1. The lowest BCUT2D eigenvalue weighted by Gasteiger charge is -2.34. The van der Waals surface area contributed by atoms with Gasteiger partial charge in [0.25, 0.3) is 0 Å². The maximum Gasteiger partial charge on any atom is 0.408 e. The highest BCUT2D eigenvalue weighted by Crippen LogP contribution is 2.20. The molecule has 30 heavy (non-hydrogen) atoms. The minimum Gasteiger partial charge on any atom is -0.467 e. The van der Waals surface area contributed by atoms with Gasteiger partial charge in [-0.15, -0.1) is 13.2 Å². The average Bonchev–Trinajstić information content (AvgIpc) is 2.66. The lowest BCUT2D eigenvalue weighted by molar-refractivity contribution is -0.145. The van der Waals surface area contributed by atoms with Crippen LogP contribution in [0, 0.1) is 0 Å². The second-order valence-electron chi connectivity index (χ2n) is 7.93. The number of amides is 2. The standard InChI is InChI=1S/C23H32N2O5/c1-7-14-23(15-8-2,25-21(28)30-22(3,4)5)20(27)24-18(19(26)29-6)16-17-12-10-9-11-13-17/h7-13,18H,1-2,14-16H2,3-6H3,(H,24,27)(H,25,28)/t18-/m0/s1. The second-order valence-corrected chi connectivity index (χ2v) is 7.93. The van der Waals surface area contributed by atoms with Crippen molar-refractivity contribution in [2.24, 2.45) is 0 Å². The smallest absolute Gasteiger partial charge is 0.408 e. The first-order valence-electron chi connectivity index (χ1n) is 9.72. The highest BCUT2D eigenvalue weighted by atomic mass is 16.6. The van der Waals surface area contributed by atoms with E-state index in [1.807, 2.05) is 30.3 Å². The Kier molecular flexibility index (Phi) is 9.30. The molecule has 0 aliphatic carbocycles. The molecule has 2 N–H and O–H groups in total. The summed E-state index contributed by atoms with van der Waals surface area (Å²) in [4.78, 5) is 38.0. The third-order valence-electron chi connectivity index (χ3n) is 4.23. The fourth-order valence-electron chi connectivity index (χ4n) is 2.90. The Morgan fingerprint density at radius 2 is 1.63 bits per heavy atom. The third-order valence-corrected chi connectivity index (χ3v) is 4.23. The van der Waals surface area contributed by atoms with E-state index < -0.39 is 35.2 Å². The summed E-state index contributed by atoms with van der Waals surface area (Å²) in [6, 6.07) is 8.31. The summed E-state index contributed by atoms with van der Waals surface area (Å²) in [5.74, 6) is -1.14. The van der Waals surface area contributed by atoms with Crippen molar-refractivity contribution in [3.05, 3.63) is 61.2 Å². The van der Waals surface area contributed by atoms with Crippen LogP contribution in [-0.4, -0.2) is 42.3 Å². The molecule has 1 atom stereocenters. The molecule has 164 valence electrons. The van der Waals surface area contributed by atoms with Gasteiger partial charge in [-0.05, 0) is 39.2 Å². The fourth-order valence-corrected chi connectivity index (χ4v) is 2.90. The van der Waals surface area contributed by atoms with E-state index in [0.717, 1.165) is 5.56 Å². The van der Waals surface area contributed by atoms with Crippen LogP contribution in [0.3, 0.4) is 0 Å². The summed E-state index contributed by atoms with van der Waals surface area (Å²) in [7, 11) is 1.26. The molecule has 0 heterocycles. The van der Waals surface area contributed by atoms with Crippen LogP contribution >= 0.6 is 0 Å². The van der Waals surface area contributed by atoms with Gasteiger partial charge in [-0.3, -0.25) is 4.79 Å². The zero-order valence-corrected chi connectivity index (χ0v) is 18.2. The van der Waals surface area contributed by atoms with Gasteiger partial charge in [0, 0.05) is 6.42 Å². The Balaban J connectivity index is 3.15. The predicted molar refractivity (Wildman–Crippen MR) is 116 cm³/mol. The van der Waals surface area contributed by atoms with E-state index in [0.29, 0.717) is 0 Å². The van der Waals surface area contributed by atoms with Gasteiger partial charge in [0.1, 0.15) is 17.2 Å². The number of hydrogen-bond acceptors (Lipinski definition) is 5. The van der Waals surface area contributed by atoms with Crippen LogP contribution in [0.4, 0.5) is 4.79 Å². The van der Waals surface area contributed by atoms with Gasteiger partial charge >= 0.3 is 12.1 Å². The number of rotatable bonds is 10. The molecule has 0 aliphatic heterocycles. The molecule has 0 bridgehead atoms. The van der Waals surface area contributed by atoms with Gasteiger partial charge in [0.2, 0.25) is 5.91 Å². The quantitative estimate of drug-likeness (QED) is 0.451. The SMILES string of the molecule is C=CCC(CC=C)(NC(=O)OC(C)(C)C)C(=O)N[C@@H](Cc1ccccc1)C(=O)OC. The van der Waals surface area contributed by atoms with E-state index in [4.69, 9.17) is 9.47 Å². The molecular weight excluding hydrogens is 384 g/mol. The molecule has 0 aromatic heterocycles. The van der Waals surface area contributed by atoms with Gasteiger partial charge in [-0.1, -0.05) is 42.5 Å². The summed E-state index contributed by atoms with van der Waals surface area (Å²) < 4.78 is 10.2. The van der Waals surface area contributed by atoms with E-state index in [9.17, 15) is 14.4 Å². The monoisotopic (exact) mass is 416 g/mol. The predicted octanol–water partition coefficient (Wildman–Crippen LogP) is 3.30. The van der Waals surface area contributed by atoms with Crippen molar-refractivity contribution >= 4 is 18.0 Å². The van der Waals surface area contributed by atoms with Gasteiger partial charge in [0.05, 0.1) is 7.11 Å². The summed E-state index contributed by atoms with van der Waals surface area (Å²) in [6.45, 7) is 12.6. The molecule has 0 aliphatic rings. The molecule has 7 heteroatoms. The maximum atomic E-state index is 13.3. The van der Waals surface area contributed by atoms with E-state index >= 15 is 0 Å². The number of ether oxygens (including phenoxy) is 2. The van der Waals surface area contributed by atoms with Crippen molar-refractivity contribution < 1.29 is 23.9 Å². The van der Waals surface area contributed by atoms with Crippen LogP contribution in [0.5, 0.6) is 0 Å². The maximum absolute atomic E-state index is 13.3. The number of carbonyl (C=O) groups excluding carboxylic acids is 3. The largest absolute Gasteiger partial charge is 0.467 e. The number of alkyl carbamates (subject to hydrolysis) is 1. The summed E-state index contributed by atoms with van der Waals surface area (Å²) >= 11 is 0. The highest BCUT2D eigenvalue weighted by molar-refractivity contribution is 5.93.